The molecule has 0 bridgehead atoms. The molecule has 0 atom stereocenters. The molecular formula is C24H32GeO2S2. The van der Waals surface area contributed by atoms with E-state index in [1.807, 2.05) is 29.6 Å². The molecule has 5 heteroatoms. The third-order valence-electron chi connectivity index (χ3n) is 5.20. The Hall–Kier alpha value is -1.08. The zero-order chi connectivity index (χ0) is 20.9. The Labute approximate surface area is 186 Å². The van der Waals surface area contributed by atoms with Gasteiger partial charge in [0.25, 0.3) is 0 Å². The van der Waals surface area contributed by atoms with Crippen LogP contribution in [0.5, 0.6) is 5.75 Å². The number of rotatable bonds is 10. The second-order valence-electron chi connectivity index (χ2n) is 8.18. The maximum atomic E-state index is 5.73. The van der Waals surface area contributed by atoms with Gasteiger partial charge in [0.05, 0.1) is 0 Å². The Kier molecular flexibility index (Phi) is 8.02. The van der Waals surface area contributed by atoms with Gasteiger partial charge >= 0.3 is 187 Å². The molecular weight excluding hydrogens is 457 g/mol. The van der Waals surface area contributed by atoms with Crippen molar-refractivity contribution in [1.29, 1.82) is 0 Å². The van der Waals surface area contributed by atoms with E-state index in [9.17, 15) is 0 Å². The van der Waals surface area contributed by atoms with E-state index in [0.717, 1.165) is 18.8 Å². The Morgan fingerprint density at radius 3 is 2.41 bits per heavy atom. The minimum atomic E-state index is -2.04. The van der Waals surface area contributed by atoms with Gasteiger partial charge in [-0.05, 0) is 0 Å². The number of hydrogen-bond donors (Lipinski definition) is 0. The summed E-state index contributed by atoms with van der Waals surface area (Å²) in [6.07, 6.45) is 1.15. The first-order chi connectivity index (χ1) is 13.9. The van der Waals surface area contributed by atoms with Crippen LogP contribution in [0.3, 0.4) is 0 Å². The van der Waals surface area contributed by atoms with E-state index in [4.69, 9.17) is 9.47 Å². The van der Waals surface area contributed by atoms with Crippen LogP contribution in [-0.4, -0.2) is 33.1 Å². The maximum absolute atomic E-state index is 5.73. The van der Waals surface area contributed by atoms with Crippen molar-refractivity contribution in [2.75, 3.05) is 19.8 Å². The van der Waals surface area contributed by atoms with E-state index in [-0.39, 0.29) is 0 Å². The van der Waals surface area contributed by atoms with Crippen LogP contribution in [-0.2, 0) is 11.2 Å². The molecule has 156 valence electrons. The van der Waals surface area contributed by atoms with Crippen molar-refractivity contribution in [3.8, 4) is 15.5 Å². The van der Waals surface area contributed by atoms with Crippen molar-refractivity contribution in [2.24, 2.45) is 0 Å². The molecule has 3 aromatic rings. The van der Waals surface area contributed by atoms with Gasteiger partial charge in [0, 0.05) is 0 Å². The van der Waals surface area contributed by atoms with Gasteiger partial charge in [0.15, 0.2) is 0 Å². The van der Waals surface area contributed by atoms with Crippen LogP contribution in [0.4, 0.5) is 0 Å². The van der Waals surface area contributed by atoms with Gasteiger partial charge in [-0.3, -0.25) is 0 Å². The molecule has 29 heavy (non-hydrogen) atoms. The zero-order valence-electron chi connectivity index (χ0n) is 18.2. The average molecular weight is 489 g/mol. The van der Waals surface area contributed by atoms with Crippen LogP contribution < -0.4 is 8.45 Å². The van der Waals surface area contributed by atoms with Gasteiger partial charge in [-0.15, -0.1) is 0 Å². The molecule has 3 rings (SSSR count). The number of benzene rings is 1. The Morgan fingerprint density at radius 2 is 1.76 bits per heavy atom. The van der Waals surface area contributed by atoms with Gasteiger partial charge in [-0.1, -0.05) is 0 Å². The van der Waals surface area contributed by atoms with Crippen LogP contribution in [0.15, 0.2) is 41.8 Å². The molecule has 0 unspecified atom stereocenters. The quantitative estimate of drug-likeness (QED) is 0.234. The fraction of sp³-hybridized carbons (Fsp3) is 0.417. The molecule has 0 saturated carbocycles. The van der Waals surface area contributed by atoms with Crippen molar-refractivity contribution in [3.63, 3.8) is 0 Å². The Morgan fingerprint density at radius 1 is 1.00 bits per heavy atom. The number of ether oxygens (including phenoxy) is 2. The van der Waals surface area contributed by atoms with E-state index >= 15 is 0 Å². The molecule has 1 aromatic carbocycles. The summed E-state index contributed by atoms with van der Waals surface area (Å²) in [5.41, 5.74) is 4.22. The topological polar surface area (TPSA) is 18.5 Å². The summed E-state index contributed by atoms with van der Waals surface area (Å²) >= 11 is 1.88. The predicted molar refractivity (Wildman–Crippen MR) is 131 cm³/mol. The second kappa shape index (κ2) is 10.3. The summed E-state index contributed by atoms with van der Waals surface area (Å²) in [4.78, 5) is 2.90. The third-order valence-corrected chi connectivity index (χ3v) is 17.2. The molecule has 2 aromatic heterocycles. The van der Waals surface area contributed by atoms with E-state index in [0.29, 0.717) is 13.2 Å². The predicted octanol–water partition coefficient (Wildman–Crippen LogP) is 6.67. The molecule has 0 spiro atoms. The SMILES string of the molecule is CCOCCOc1ccc(C[CH2][Ge]([CH3])([CH3])[c]2cc(C)c(-c3cc(C)cs3)s2)cc1. The monoisotopic (exact) mass is 490 g/mol. The zero-order valence-corrected chi connectivity index (χ0v) is 21.9. The van der Waals surface area contributed by atoms with E-state index in [1.165, 1.54) is 31.7 Å². The normalized spacial score (nSPS) is 11.8. The van der Waals surface area contributed by atoms with E-state index < -0.39 is 13.3 Å². The minimum absolute atomic E-state index is 0.610. The van der Waals surface area contributed by atoms with Crippen molar-refractivity contribution >= 4 is 39.6 Å². The van der Waals surface area contributed by atoms with Gasteiger partial charge in [-0.25, -0.2) is 0 Å². The molecule has 0 aliphatic carbocycles. The van der Waals surface area contributed by atoms with E-state index in [1.54, 1.807) is 3.71 Å². The van der Waals surface area contributed by atoms with E-state index in [2.05, 4.69) is 67.1 Å². The molecule has 0 fully saturated rings. The van der Waals surface area contributed by atoms with Crippen LogP contribution in [0, 0.1) is 13.8 Å². The van der Waals surface area contributed by atoms with Crippen LogP contribution in [0.25, 0.3) is 9.75 Å². The Balaban J connectivity index is 1.60. The summed E-state index contributed by atoms with van der Waals surface area (Å²) in [7, 11) is 0. The molecule has 0 aliphatic heterocycles. The number of thiophene rings is 2. The van der Waals surface area contributed by atoms with Crippen LogP contribution in [0.2, 0.25) is 16.8 Å². The summed E-state index contributed by atoms with van der Waals surface area (Å²) in [6, 6.07) is 13.4. The van der Waals surface area contributed by atoms with Crippen LogP contribution >= 0.6 is 22.7 Å². The summed E-state index contributed by atoms with van der Waals surface area (Å²) in [6.45, 7) is 8.45. The first-order valence-electron chi connectivity index (χ1n) is 10.3. The molecule has 2 nitrogen and oxygen atoms in total. The molecule has 2 heterocycles. The summed E-state index contributed by atoms with van der Waals surface area (Å²) in [5.74, 6) is 6.04. The van der Waals surface area contributed by atoms with Gasteiger partial charge in [0.2, 0.25) is 0 Å². The van der Waals surface area contributed by atoms with Crippen molar-refractivity contribution < 1.29 is 9.47 Å². The second-order valence-corrected chi connectivity index (χ2v) is 21.0. The fourth-order valence-electron chi connectivity index (χ4n) is 3.31. The number of hydrogen-bond acceptors (Lipinski definition) is 4. The molecule has 0 saturated heterocycles. The third kappa shape index (κ3) is 6.20. The van der Waals surface area contributed by atoms with Crippen molar-refractivity contribution in [2.45, 2.75) is 44.0 Å². The first kappa shape index (κ1) is 22.6. The van der Waals surface area contributed by atoms with Gasteiger partial charge in [0.1, 0.15) is 0 Å². The van der Waals surface area contributed by atoms with Crippen molar-refractivity contribution in [1.82, 2.24) is 0 Å². The molecule has 0 amide bonds. The van der Waals surface area contributed by atoms with Crippen molar-refractivity contribution in [3.05, 3.63) is 58.5 Å². The first-order valence-corrected chi connectivity index (χ1v) is 18.8. The molecule has 0 radical (unpaired) electrons. The fourth-order valence-corrected chi connectivity index (χ4v) is 12.2. The molecule has 0 aliphatic rings. The van der Waals surface area contributed by atoms with Gasteiger partial charge in [-0.2, -0.15) is 0 Å². The van der Waals surface area contributed by atoms with Crippen LogP contribution in [0.1, 0.15) is 23.6 Å². The Bertz CT molecular complexity index is 909. The standard InChI is InChI=1S/C24H32GeO2S2/c1-6-26-13-14-27-21-9-7-20(8-10-21)11-12-25(4,5)23-16-19(3)24(29-23)22-15-18(2)17-28-22/h7-10,15-17H,6,11-14H2,1-5H3. The average Bonchev–Trinajstić information content (AvgIpc) is 3.30. The summed E-state index contributed by atoms with van der Waals surface area (Å²) in [5, 5.41) is 3.57. The summed E-state index contributed by atoms with van der Waals surface area (Å²) < 4.78 is 12.7. The van der Waals surface area contributed by atoms with Gasteiger partial charge < -0.3 is 0 Å². The number of aryl methyl sites for hydroxylation is 3. The molecule has 0 N–H and O–H groups in total.